The van der Waals surface area contributed by atoms with Crippen molar-refractivity contribution < 1.29 is 0 Å². The summed E-state index contributed by atoms with van der Waals surface area (Å²) >= 11 is 0. The number of fused-ring (bicyclic) bond motifs is 3. The summed E-state index contributed by atoms with van der Waals surface area (Å²) in [7, 11) is 3.98. The monoisotopic (exact) mass is 540 g/mol. The van der Waals surface area contributed by atoms with Gasteiger partial charge in [-0.1, -0.05) is 109 Å². The number of nitrogens with one attached hydrogen (secondary N) is 2. The maximum atomic E-state index is 3.41. The molecule has 0 saturated heterocycles. The van der Waals surface area contributed by atoms with Gasteiger partial charge in [0.25, 0.3) is 0 Å². The third kappa shape index (κ3) is 4.48. The molecule has 0 bridgehead atoms. The second-order valence-electron chi connectivity index (χ2n) is 10.6. The first-order valence-electron chi connectivity index (χ1n) is 14.4. The molecular formula is C40H32N2. The van der Waals surface area contributed by atoms with Crippen molar-refractivity contribution in [1.29, 1.82) is 0 Å². The van der Waals surface area contributed by atoms with E-state index in [4.69, 9.17) is 0 Å². The lowest BCUT2D eigenvalue weighted by Crippen LogP contribution is -1.94. The standard InChI is InChI=1S/C40H32N2/c1-41-39-19-11-9-17-31(39)29-23-35(27-13-5-3-6-14-27)33-21-22-34-36(28-15-7-4-8-16-28)24-30(26-38(34)37(33)25-29)32-18-10-12-20-40(32)42-2/h3-26,41-42H,1-2H3. The van der Waals surface area contributed by atoms with E-state index >= 15 is 0 Å². The predicted molar refractivity (Wildman–Crippen MR) is 182 cm³/mol. The summed E-state index contributed by atoms with van der Waals surface area (Å²) in [5.41, 5.74) is 11.9. The van der Waals surface area contributed by atoms with Crippen molar-refractivity contribution in [3.8, 4) is 44.5 Å². The van der Waals surface area contributed by atoms with Crippen molar-refractivity contribution >= 4 is 32.9 Å². The number of anilines is 2. The van der Waals surface area contributed by atoms with Crippen LogP contribution in [0.1, 0.15) is 0 Å². The van der Waals surface area contributed by atoms with E-state index < -0.39 is 0 Å². The van der Waals surface area contributed by atoms with Gasteiger partial charge in [-0.25, -0.2) is 0 Å². The quantitative estimate of drug-likeness (QED) is 0.205. The average molecular weight is 541 g/mol. The molecule has 0 aliphatic rings. The molecule has 7 aromatic carbocycles. The Kier molecular flexibility index (Phi) is 6.65. The second kappa shape index (κ2) is 10.9. The Bertz CT molecular complexity index is 1890. The summed E-state index contributed by atoms with van der Waals surface area (Å²) in [5.74, 6) is 0. The van der Waals surface area contributed by atoms with Crippen LogP contribution in [0.2, 0.25) is 0 Å². The van der Waals surface area contributed by atoms with Crippen molar-refractivity contribution in [3.63, 3.8) is 0 Å². The van der Waals surface area contributed by atoms with Crippen LogP contribution in [-0.4, -0.2) is 14.1 Å². The Labute approximate surface area is 247 Å². The van der Waals surface area contributed by atoms with Gasteiger partial charge in [0.05, 0.1) is 0 Å². The van der Waals surface area contributed by atoms with Gasteiger partial charge in [0, 0.05) is 36.6 Å². The Morgan fingerprint density at radius 2 is 0.690 bits per heavy atom. The fourth-order valence-corrected chi connectivity index (χ4v) is 6.21. The molecule has 0 aliphatic carbocycles. The number of hydrogen-bond acceptors (Lipinski definition) is 2. The molecule has 2 heteroatoms. The van der Waals surface area contributed by atoms with Gasteiger partial charge in [-0.3, -0.25) is 0 Å². The Morgan fingerprint density at radius 3 is 1.10 bits per heavy atom. The minimum Gasteiger partial charge on any atom is -0.388 e. The zero-order chi connectivity index (χ0) is 28.5. The van der Waals surface area contributed by atoms with Crippen LogP contribution in [0.15, 0.2) is 146 Å². The van der Waals surface area contributed by atoms with E-state index in [0.29, 0.717) is 0 Å². The van der Waals surface area contributed by atoms with Crippen molar-refractivity contribution in [2.45, 2.75) is 0 Å². The SMILES string of the molecule is CNc1ccccc1-c1cc(-c2ccccc2)c2ccc3c(-c4ccccc4)cc(-c4ccccc4NC)cc3c2c1. The lowest BCUT2D eigenvalue weighted by atomic mass is 9.86. The van der Waals surface area contributed by atoms with Gasteiger partial charge in [0.1, 0.15) is 0 Å². The summed E-state index contributed by atoms with van der Waals surface area (Å²) in [6, 6.07) is 52.7. The first-order valence-corrected chi connectivity index (χ1v) is 14.4. The minimum absolute atomic E-state index is 1.12. The van der Waals surface area contributed by atoms with Gasteiger partial charge in [-0.15, -0.1) is 0 Å². The highest BCUT2D eigenvalue weighted by atomic mass is 14.8. The van der Waals surface area contributed by atoms with Gasteiger partial charge >= 0.3 is 0 Å². The fraction of sp³-hybridized carbons (Fsp3) is 0.0500. The first-order chi connectivity index (χ1) is 20.7. The molecule has 0 heterocycles. The lowest BCUT2D eigenvalue weighted by Gasteiger charge is -2.18. The van der Waals surface area contributed by atoms with E-state index in [2.05, 4.69) is 156 Å². The fourth-order valence-electron chi connectivity index (χ4n) is 6.21. The summed E-state index contributed by atoms with van der Waals surface area (Å²) < 4.78 is 0. The molecule has 2 N–H and O–H groups in total. The predicted octanol–water partition coefficient (Wildman–Crippen LogP) is 10.7. The van der Waals surface area contributed by atoms with Gasteiger partial charge in [-0.2, -0.15) is 0 Å². The second-order valence-corrected chi connectivity index (χ2v) is 10.6. The van der Waals surface area contributed by atoms with Crippen LogP contribution in [0.5, 0.6) is 0 Å². The minimum atomic E-state index is 1.12. The van der Waals surface area contributed by atoms with E-state index in [9.17, 15) is 0 Å². The topological polar surface area (TPSA) is 24.1 Å². The number of benzene rings is 7. The van der Waals surface area contributed by atoms with Gasteiger partial charge in [0.15, 0.2) is 0 Å². The maximum absolute atomic E-state index is 3.41. The maximum Gasteiger partial charge on any atom is 0.0417 e. The van der Waals surface area contributed by atoms with Crippen molar-refractivity contribution in [3.05, 3.63) is 146 Å². The average Bonchev–Trinajstić information content (AvgIpc) is 3.07. The van der Waals surface area contributed by atoms with Gasteiger partial charge in [-0.05, 0) is 91.3 Å². The zero-order valence-electron chi connectivity index (χ0n) is 23.9. The van der Waals surface area contributed by atoms with Crippen molar-refractivity contribution in [2.24, 2.45) is 0 Å². The highest BCUT2D eigenvalue weighted by molar-refractivity contribution is 6.18. The van der Waals surface area contributed by atoms with Gasteiger partial charge in [0.2, 0.25) is 0 Å². The molecule has 0 fully saturated rings. The number of hydrogen-bond donors (Lipinski definition) is 2. The van der Waals surface area contributed by atoms with Crippen LogP contribution in [-0.2, 0) is 0 Å². The van der Waals surface area contributed by atoms with Crippen LogP contribution in [0.25, 0.3) is 66.1 Å². The van der Waals surface area contributed by atoms with E-state index in [1.807, 2.05) is 14.1 Å². The number of rotatable bonds is 6. The molecule has 0 saturated carbocycles. The molecule has 0 amide bonds. The molecule has 0 aliphatic heterocycles. The normalized spacial score (nSPS) is 11.1. The summed E-state index contributed by atoms with van der Waals surface area (Å²) in [6.07, 6.45) is 0. The summed E-state index contributed by atoms with van der Waals surface area (Å²) in [6.45, 7) is 0. The highest BCUT2D eigenvalue weighted by Gasteiger charge is 2.16. The molecule has 0 radical (unpaired) electrons. The van der Waals surface area contributed by atoms with E-state index in [1.54, 1.807) is 0 Å². The van der Waals surface area contributed by atoms with Crippen LogP contribution in [0, 0.1) is 0 Å². The molecule has 42 heavy (non-hydrogen) atoms. The molecule has 0 atom stereocenters. The highest BCUT2D eigenvalue weighted by Crippen LogP contribution is 2.43. The van der Waals surface area contributed by atoms with Crippen molar-refractivity contribution in [1.82, 2.24) is 0 Å². The van der Waals surface area contributed by atoms with Gasteiger partial charge < -0.3 is 10.6 Å². The Morgan fingerprint density at radius 1 is 0.310 bits per heavy atom. The smallest absolute Gasteiger partial charge is 0.0417 e. The molecule has 0 aromatic heterocycles. The van der Waals surface area contributed by atoms with Crippen LogP contribution < -0.4 is 10.6 Å². The number of para-hydroxylation sites is 2. The molecular weight excluding hydrogens is 508 g/mol. The van der Waals surface area contributed by atoms with Crippen LogP contribution >= 0.6 is 0 Å². The molecule has 7 aromatic rings. The summed E-state index contributed by atoms with van der Waals surface area (Å²) in [5, 5.41) is 11.8. The molecule has 7 rings (SSSR count). The third-order valence-electron chi connectivity index (χ3n) is 8.25. The molecule has 2 nitrogen and oxygen atoms in total. The molecule has 0 spiro atoms. The molecule has 0 unspecified atom stereocenters. The van der Waals surface area contributed by atoms with Crippen LogP contribution in [0.4, 0.5) is 11.4 Å². The van der Waals surface area contributed by atoms with E-state index in [-0.39, 0.29) is 0 Å². The largest absolute Gasteiger partial charge is 0.388 e. The van der Waals surface area contributed by atoms with Crippen LogP contribution in [0.3, 0.4) is 0 Å². The van der Waals surface area contributed by atoms with Crippen molar-refractivity contribution in [2.75, 3.05) is 24.7 Å². The summed E-state index contributed by atoms with van der Waals surface area (Å²) in [4.78, 5) is 0. The first kappa shape index (κ1) is 25.6. The third-order valence-corrected chi connectivity index (χ3v) is 8.25. The Hall–Kier alpha value is -5.34. The van der Waals surface area contributed by atoms with E-state index in [0.717, 1.165) is 11.4 Å². The zero-order valence-corrected chi connectivity index (χ0v) is 23.9. The van der Waals surface area contributed by atoms with E-state index in [1.165, 1.54) is 66.1 Å². The molecule has 202 valence electrons. The Balaban J connectivity index is 1.63. The lowest BCUT2D eigenvalue weighted by molar-refractivity contribution is 1.50.